The van der Waals surface area contributed by atoms with Gasteiger partial charge in [0.2, 0.25) is 0 Å². The molecule has 0 spiro atoms. The Hall–Kier alpha value is -3.13. The second kappa shape index (κ2) is 11.2. The maximum Gasteiger partial charge on any atom is 0.0660 e. The van der Waals surface area contributed by atoms with Gasteiger partial charge >= 0.3 is 0 Å². The number of rotatable bonds is 10. The van der Waals surface area contributed by atoms with Crippen LogP contribution in [0.25, 0.3) is 0 Å². The molecule has 0 saturated carbocycles. The van der Waals surface area contributed by atoms with Crippen molar-refractivity contribution in [3.63, 3.8) is 0 Å². The first-order valence-corrected chi connectivity index (χ1v) is 10.6. The van der Waals surface area contributed by atoms with Crippen molar-refractivity contribution in [2.24, 2.45) is 4.99 Å². The number of hydrogen-bond donors (Lipinski definition) is 0. The maximum absolute atomic E-state index is 4.64. The fourth-order valence-electron chi connectivity index (χ4n) is 3.40. The summed E-state index contributed by atoms with van der Waals surface area (Å²) in [5, 5.41) is 0. The minimum absolute atomic E-state index is 0.749. The highest BCUT2D eigenvalue weighted by atomic mass is 15.1. The summed E-state index contributed by atoms with van der Waals surface area (Å²) in [6.07, 6.45) is 9.59. The fourth-order valence-corrected chi connectivity index (χ4v) is 3.40. The van der Waals surface area contributed by atoms with Crippen LogP contribution in [0.4, 0.5) is 17.1 Å². The van der Waals surface area contributed by atoms with Gasteiger partial charge in [0.1, 0.15) is 0 Å². The first-order chi connectivity index (χ1) is 14.5. The molecule has 2 aromatic carbocycles. The summed E-state index contributed by atoms with van der Waals surface area (Å²) in [7, 11) is 0. The number of benzene rings is 2. The Labute approximate surface area is 182 Å². The van der Waals surface area contributed by atoms with E-state index in [1.54, 1.807) is 12.3 Å². The first-order valence-electron chi connectivity index (χ1n) is 10.6. The van der Waals surface area contributed by atoms with Crippen LogP contribution in [0.15, 0.2) is 90.5 Å². The van der Waals surface area contributed by atoms with Gasteiger partial charge in [-0.25, -0.2) is 0 Å². The van der Waals surface area contributed by atoms with Gasteiger partial charge in [0.15, 0.2) is 0 Å². The second-order valence-corrected chi connectivity index (χ2v) is 7.32. The van der Waals surface area contributed by atoms with Crippen LogP contribution in [0.1, 0.15) is 37.5 Å². The number of aryl methyl sites for hydroxylation is 3. The molecular formula is C28H34N2. The van der Waals surface area contributed by atoms with Crippen molar-refractivity contribution in [2.75, 3.05) is 11.4 Å². The molecule has 0 aliphatic heterocycles. The second-order valence-electron chi connectivity index (χ2n) is 7.32. The van der Waals surface area contributed by atoms with Gasteiger partial charge in [0.05, 0.1) is 5.69 Å². The van der Waals surface area contributed by atoms with Gasteiger partial charge < -0.3 is 4.90 Å². The lowest BCUT2D eigenvalue weighted by Gasteiger charge is -2.25. The third-order valence-electron chi connectivity index (χ3n) is 5.23. The van der Waals surface area contributed by atoms with Crippen LogP contribution in [-0.4, -0.2) is 12.8 Å². The summed E-state index contributed by atoms with van der Waals surface area (Å²) in [6.45, 7) is 21.1. The van der Waals surface area contributed by atoms with Crippen LogP contribution in [0.5, 0.6) is 0 Å². The Morgan fingerprint density at radius 1 is 1.00 bits per heavy atom. The molecule has 0 unspecified atom stereocenters. The van der Waals surface area contributed by atoms with Gasteiger partial charge in [-0.1, -0.05) is 51.3 Å². The molecule has 156 valence electrons. The van der Waals surface area contributed by atoms with Crippen LogP contribution in [0.2, 0.25) is 0 Å². The van der Waals surface area contributed by atoms with E-state index in [1.165, 1.54) is 16.8 Å². The SMILES string of the molecule is C=CCN(c1cc(CC)cc(CC)c1)c1ccc(N=CC(=C)/C(C=C)=C/C)c(C)c1. The van der Waals surface area contributed by atoms with Crippen molar-refractivity contribution in [2.45, 2.75) is 40.5 Å². The van der Waals surface area contributed by atoms with E-state index in [2.05, 4.69) is 86.8 Å². The van der Waals surface area contributed by atoms with E-state index in [1.807, 2.05) is 19.1 Å². The molecule has 0 aromatic heterocycles. The van der Waals surface area contributed by atoms with E-state index in [0.717, 1.165) is 47.5 Å². The number of allylic oxidation sites excluding steroid dienone is 4. The van der Waals surface area contributed by atoms with Gasteiger partial charge in [0.25, 0.3) is 0 Å². The largest absolute Gasteiger partial charge is 0.338 e. The Balaban J connectivity index is 2.39. The third-order valence-corrected chi connectivity index (χ3v) is 5.23. The summed E-state index contributed by atoms with van der Waals surface area (Å²) >= 11 is 0. The van der Waals surface area contributed by atoms with Crippen LogP contribution < -0.4 is 4.90 Å². The zero-order chi connectivity index (χ0) is 22.1. The summed E-state index contributed by atoms with van der Waals surface area (Å²) in [6, 6.07) is 13.2. The molecule has 0 aliphatic carbocycles. The number of aliphatic imine (C=N–C) groups is 1. The summed E-state index contributed by atoms with van der Waals surface area (Å²) in [5.41, 5.74) is 8.97. The molecule has 0 radical (unpaired) electrons. The van der Waals surface area contributed by atoms with E-state index >= 15 is 0 Å². The fraction of sp³-hybridized carbons (Fsp3) is 0.250. The highest BCUT2D eigenvalue weighted by molar-refractivity contribution is 5.87. The Morgan fingerprint density at radius 2 is 1.67 bits per heavy atom. The van der Waals surface area contributed by atoms with Gasteiger partial charge in [-0.3, -0.25) is 4.99 Å². The monoisotopic (exact) mass is 398 g/mol. The van der Waals surface area contributed by atoms with Crippen molar-refractivity contribution in [1.82, 2.24) is 0 Å². The van der Waals surface area contributed by atoms with Crippen molar-refractivity contribution >= 4 is 23.3 Å². The quantitative estimate of drug-likeness (QED) is 0.226. The Bertz CT molecular complexity index is 954. The van der Waals surface area contributed by atoms with E-state index in [0.29, 0.717) is 0 Å². The zero-order valence-corrected chi connectivity index (χ0v) is 18.9. The minimum atomic E-state index is 0.749. The van der Waals surface area contributed by atoms with Crippen molar-refractivity contribution < 1.29 is 0 Å². The van der Waals surface area contributed by atoms with E-state index in [-0.39, 0.29) is 0 Å². The average molecular weight is 399 g/mol. The molecule has 2 aromatic rings. The molecule has 30 heavy (non-hydrogen) atoms. The van der Waals surface area contributed by atoms with Crippen molar-refractivity contribution in [1.29, 1.82) is 0 Å². The third kappa shape index (κ3) is 5.70. The molecule has 0 heterocycles. The molecule has 2 nitrogen and oxygen atoms in total. The molecule has 0 aliphatic rings. The van der Waals surface area contributed by atoms with Crippen LogP contribution in [-0.2, 0) is 12.8 Å². The smallest absolute Gasteiger partial charge is 0.0660 e. The molecule has 0 N–H and O–H groups in total. The topological polar surface area (TPSA) is 15.6 Å². The van der Waals surface area contributed by atoms with E-state index < -0.39 is 0 Å². The normalized spacial score (nSPS) is 11.5. The zero-order valence-electron chi connectivity index (χ0n) is 18.9. The van der Waals surface area contributed by atoms with E-state index in [4.69, 9.17) is 0 Å². The van der Waals surface area contributed by atoms with Crippen LogP contribution >= 0.6 is 0 Å². The highest BCUT2D eigenvalue weighted by Crippen LogP contribution is 2.31. The number of hydrogen-bond acceptors (Lipinski definition) is 2. The summed E-state index contributed by atoms with van der Waals surface area (Å²) in [5.74, 6) is 0. The molecule has 2 rings (SSSR count). The summed E-state index contributed by atoms with van der Waals surface area (Å²) < 4.78 is 0. The number of anilines is 2. The lowest BCUT2D eigenvalue weighted by atomic mass is 10.0. The van der Waals surface area contributed by atoms with Gasteiger partial charge in [-0.2, -0.15) is 0 Å². The Kier molecular flexibility index (Phi) is 8.61. The molecule has 0 atom stereocenters. The predicted octanol–water partition coefficient (Wildman–Crippen LogP) is 7.83. The van der Waals surface area contributed by atoms with Gasteiger partial charge in [0, 0.05) is 24.1 Å². The highest BCUT2D eigenvalue weighted by Gasteiger charge is 2.11. The van der Waals surface area contributed by atoms with Crippen LogP contribution in [0, 0.1) is 6.92 Å². The lowest BCUT2D eigenvalue weighted by Crippen LogP contribution is -2.17. The molecule has 0 fully saturated rings. The minimum Gasteiger partial charge on any atom is -0.338 e. The van der Waals surface area contributed by atoms with Crippen LogP contribution in [0.3, 0.4) is 0 Å². The molecule has 0 bridgehead atoms. The van der Waals surface area contributed by atoms with Crippen molar-refractivity contribution in [3.05, 3.63) is 102 Å². The number of nitrogens with zero attached hydrogens (tertiary/aromatic N) is 2. The molecule has 2 heteroatoms. The predicted molar refractivity (Wildman–Crippen MR) is 135 cm³/mol. The first kappa shape index (κ1) is 23.2. The molecule has 0 saturated heterocycles. The van der Waals surface area contributed by atoms with Crippen molar-refractivity contribution in [3.8, 4) is 0 Å². The van der Waals surface area contributed by atoms with E-state index in [9.17, 15) is 0 Å². The summed E-state index contributed by atoms with van der Waals surface area (Å²) in [4.78, 5) is 6.95. The lowest BCUT2D eigenvalue weighted by molar-refractivity contribution is 1.05. The standard InChI is InChI=1S/C28H34N2/c1-8-15-30(27-18-23(9-2)17-24(10-3)19-27)26-13-14-28(21(6)16-26)29-20-22(7)25(11-4)12-5/h8,11-14,16-20H,1,4,7,9-10,15H2,2-3,5-6H3/b25-12+,29-20?. The van der Waals surface area contributed by atoms with Gasteiger partial charge in [-0.05, 0) is 84.9 Å². The van der Waals surface area contributed by atoms with Gasteiger partial charge in [-0.15, -0.1) is 6.58 Å². The average Bonchev–Trinajstić information content (AvgIpc) is 2.77. The molecular weight excluding hydrogens is 364 g/mol. The maximum atomic E-state index is 4.64. The molecule has 0 amide bonds. The Morgan fingerprint density at radius 3 is 2.17 bits per heavy atom.